The van der Waals surface area contributed by atoms with Crippen molar-refractivity contribution in [3.05, 3.63) is 27.3 Å². The number of amides is 1. The fraction of sp³-hybridized carbons (Fsp3) is 0.429. The van der Waals surface area contributed by atoms with Crippen LogP contribution in [0.5, 0.6) is 5.75 Å². The smallest absolute Gasteiger partial charge is 0.328 e. The second-order valence-corrected chi connectivity index (χ2v) is 5.55. The molecule has 2 N–H and O–H groups in total. The minimum Gasteiger partial charge on any atom is -0.507 e. The first kappa shape index (κ1) is 16.7. The number of benzene rings is 1. The minimum atomic E-state index is -0.709. The Morgan fingerprint density at radius 3 is 2.70 bits per heavy atom. The normalized spacial score (nSPS) is 11.8. The topological polar surface area (TPSA) is 75.6 Å². The number of carbonyl (C=O) groups is 2. The summed E-state index contributed by atoms with van der Waals surface area (Å²) in [5.74, 6) is -0.451. The number of carbonyl (C=O) groups excluding carboxylic acids is 2. The van der Waals surface area contributed by atoms with Crippen LogP contribution < -0.4 is 5.32 Å². The molecule has 1 rings (SSSR count). The molecule has 0 radical (unpaired) electrons. The first-order chi connectivity index (χ1) is 9.47. The molecule has 0 fully saturated rings. The largest absolute Gasteiger partial charge is 0.507 e. The number of hydrogen-bond donors (Lipinski definition) is 2. The van der Waals surface area contributed by atoms with Crippen molar-refractivity contribution in [2.75, 3.05) is 7.11 Å². The molecular formula is C14H18INO4. The summed E-state index contributed by atoms with van der Waals surface area (Å²) in [5, 5.41) is 12.2. The van der Waals surface area contributed by atoms with Crippen LogP contribution >= 0.6 is 22.6 Å². The summed E-state index contributed by atoms with van der Waals surface area (Å²) >= 11 is 2.01. The van der Waals surface area contributed by atoms with E-state index in [0.29, 0.717) is 16.4 Å². The lowest BCUT2D eigenvalue weighted by atomic mass is 10.1. The molecule has 6 heteroatoms. The summed E-state index contributed by atoms with van der Waals surface area (Å²) in [7, 11) is 1.29. The molecule has 1 atom stereocenters. The van der Waals surface area contributed by atoms with Crippen molar-refractivity contribution in [2.24, 2.45) is 0 Å². The Hall–Kier alpha value is -1.31. The maximum absolute atomic E-state index is 11.7. The number of esters is 1. The number of phenols is 1. The van der Waals surface area contributed by atoms with Gasteiger partial charge in [0.25, 0.3) is 0 Å². The van der Waals surface area contributed by atoms with Gasteiger partial charge in [0.2, 0.25) is 5.91 Å². The van der Waals surface area contributed by atoms with Gasteiger partial charge >= 0.3 is 5.97 Å². The van der Waals surface area contributed by atoms with E-state index in [9.17, 15) is 14.7 Å². The van der Waals surface area contributed by atoms with Gasteiger partial charge in [0, 0.05) is 12.8 Å². The summed E-state index contributed by atoms with van der Waals surface area (Å²) in [6.45, 7) is 1.90. The predicted octanol–water partition coefficient (Wildman–Crippen LogP) is 2.00. The fourth-order valence-corrected chi connectivity index (χ4v) is 2.32. The summed E-state index contributed by atoms with van der Waals surface area (Å²) in [6, 6.07) is 4.36. The van der Waals surface area contributed by atoms with Crippen LogP contribution in [-0.4, -0.2) is 30.1 Å². The van der Waals surface area contributed by atoms with E-state index in [1.165, 1.54) is 7.11 Å². The molecule has 1 aromatic carbocycles. The van der Waals surface area contributed by atoms with Gasteiger partial charge in [-0.05, 0) is 46.7 Å². The first-order valence-electron chi connectivity index (χ1n) is 6.32. The molecule has 5 nitrogen and oxygen atoms in total. The predicted molar refractivity (Wildman–Crippen MR) is 83.4 cm³/mol. The average molecular weight is 391 g/mol. The highest BCUT2D eigenvalue weighted by Crippen LogP contribution is 2.21. The molecule has 0 aliphatic heterocycles. The van der Waals surface area contributed by atoms with Crippen LogP contribution in [0.4, 0.5) is 0 Å². The summed E-state index contributed by atoms with van der Waals surface area (Å²) in [6.07, 6.45) is 1.43. The van der Waals surface area contributed by atoms with Crippen molar-refractivity contribution in [1.29, 1.82) is 0 Å². The van der Waals surface area contributed by atoms with E-state index in [-0.39, 0.29) is 11.7 Å². The zero-order valence-corrected chi connectivity index (χ0v) is 13.6. The van der Waals surface area contributed by atoms with Gasteiger partial charge in [-0.1, -0.05) is 13.0 Å². The summed E-state index contributed by atoms with van der Waals surface area (Å²) < 4.78 is 5.41. The lowest BCUT2D eigenvalue weighted by molar-refractivity contribution is -0.145. The standard InChI is InChI=1S/C14H18INO4/c1-3-4-13(18)16-11(14(19)20-2)8-9-5-6-12(17)10(15)7-9/h5-7,11,17H,3-4,8H2,1-2H3,(H,16,18). The van der Waals surface area contributed by atoms with Gasteiger partial charge in [-0.3, -0.25) is 4.79 Å². The van der Waals surface area contributed by atoms with Crippen LogP contribution in [0, 0.1) is 3.57 Å². The Kier molecular flexibility index (Phi) is 6.77. The summed E-state index contributed by atoms with van der Waals surface area (Å²) in [4.78, 5) is 23.3. The number of phenolic OH excluding ortho intramolecular Hbond substituents is 1. The van der Waals surface area contributed by atoms with Crippen molar-refractivity contribution < 1.29 is 19.4 Å². The average Bonchev–Trinajstić information content (AvgIpc) is 2.41. The summed E-state index contributed by atoms with van der Waals surface area (Å²) in [5.41, 5.74) is 0.847. The van der Waals surface area contributed by atoms with Crippen LogP contribution in [-0.2, 0) is 20.7 Å². The number of methoxy groups -OCH3 is 1. The second-order valence-electron chi connectivity index (χ2n) is 4.38. The number of ether oxygens (including phenoxy) is 1. The lowest BCUT2D eigenvalue weighted by Crippen LogP contribution is -2.42. The Labute approximate surface area is 131 Å². The third-order valence-electron chi connectivity index (χ3n) is 2.75. The van der Waals surface area contributed by atoms with Gasteiger partial charge in [-0.15, -0.1) is 0 Å². The van der Waals surface area contributed by atoms with Gasteiger partial charge in [0.15, 0.2) is 0 Å². The molecule has 0 saturated heterocycles. The molecule has 0 bridgehead atoms. The first-order valence-corrected chi connectivity index (χ1v) is 7.40. The molecule has 20 heavy (non-hydrogen) atoms. The van der Waals surface area contributed by atoms with Crippen LogP contribution in [0.15, 0.2) is 18.2 Å². The van der Waals surface area contributed by atoms with Crippen LogP contribution in [0.25, 0.3) is 0 Å². The minimum absolute atomic E-state index is 0.170. The molecule has 1 aromatic rings. The van der Waals surface area contributed by atoms with E-state index in [1.807, 2.05) is 29.5 Å². The molecule has 0 saturated carbocycles. The molecule has 1 amide bonds. The fourth-order valence-electron chi connectivity index (χ4n) is 1.74. The van der Waals surface area contributed by atoms with Crippen LogP contribution in [0.2, 0.25) is 0 Å². The molecule has 0 heterocycles. The molecule has 110 valence electrons. The quantitative estimate of drug-likeness (QED) is 0.575. The van der Waals surface area contributed by atoms with Gasteiger partial charge in [-0.2, -0.15) is 0 Å². The van der Waals surface area contributed by atoms with Gasteiger partial charge in [-0.25, -0.2) is 4.79 Å². The van der Waals surface area contributed by atoms with E-state index in [2.05, 4.69) is 5.32 Å². The lowest BCUT2D eigenvalue weighted by Gasteiger charge is -2.16. The maximum atomic E-state index is 11.7. The van der Waals surface area contributed by atoms with Crippen molar-refractivity contribution in [3.8, 4) is 5.75 Å². The monoisotopic (exact) mass is 391 g/mol. The molecule has 1 unspecified atom stereocenters. The van der Waals surface area contributed by atoms with Crippen molar-refractivity contribution in [2.45, 2.75) is 32.2 Å². The number of halogens is 1. The zero-order chi connectivity index (χ0) is 15.1. The second kappa shape index (κ2) is 8.08. The molecule has 0 spiro atoms. The van der Waals surface area contributed by atoms with Gasteiger partial charge in [0.05, 0.1) is 10.7 Å². The third-order valence-corrected chi connectivity index (χ3v) is 3.61. The van der Waals surface area contributed by atoms with E-state index in [4.69, 9.17) is 4.74 Å². The van der Waals surface area contributed by atoms with E-state index in [1.54, 1.807) is 18.2 Å². The molecule has 0 aliphatic rings. The van der Waals surface area contributed by atoms with E-state index >= 15 is 0 Å². The van der Waals surface area contributed by atoms with E-state index < -0.39 is 12.0 Å². The van der Waals surface area contributed by atoms with Crippen LogP contribution in [0.1, 0.15) is 25.3 Å². The maximum Gasteiger partial charge on any atom is 0.328 e. The highest BCUT2D eigenvalue weighted by Gasteiger charge is 2.21. The molecular weight excluding hydrogens is 373 g/mol. The molecule has 0 aliphatic carbocycles. The van der Waals surface area contributed by atoms with Gasteiger partial charge in [0.1, 0.15) is 11.8 Å². The molecule has 0 aromatic heterocycles. The van der Waals surface area contributed by atoms with E-state index in [0.717, 1.165) is 12.0 Å². The Bertz CT molecular complexity index is 490. The van der Waals surface area contributed by atoms with Crippen molar-refractivity contribution in [1.82, 2.24) is 5.32 Å². The van der Waals surface area contributed by atoms with Crippen molar-refractivity contribution in [3.63, 3.8) is 0 Å². The van der Waals surface area contributed by atoms with Gasteiger partial charge < -0.3 is 15.2 Å². The Morgan fingerprint density at radius 1 is 1.45 bits per heavy atom. The highest BCUT2D eigenvalue weighted by molar-refractivity contribution is 14.1. The Balaban J connectivity index is 2.80. The zero-order valence-electron chi connectivity index (χ0n) is 11.5. The number of nitrogens with one attached hydrogen (secondary N) is 1. The number of hydrogen-bond acceptors (Lipinski definition) is 4. The van der Waals surface area contributed by atoms with Crippen LogP contribution in [0.3, 0.4) is 0 Å². The number of aromatic hydroxyl groups is 1. The number of rotatable bonds is 6. The van der Waals surface area contributed by atoms with Crippen molar-refractivity contribution >= 4 is 34.5 Å². The highest BCUT2D eigenvalue weighted by atomic mass is 127. The third kappa shape index (κ3) is 4.99. The SMILES string of the molecule is CCCC(=O)NC(Cc1ccc(O)c(I)c1)C(=O)OC. The Morgan fingerprint density at radius 2 is 2.15 bits per heavy atom.